The molecule has 154 valence electrons. The van der Waals surface area contributed by atoms with Gasteiger partial charge in [0.05, 0.1) is 0 Å². The van der Waals surface area contributed by atoms with Gasteiger partial charge >= 0.3 is 6.09 Å². The minimum Gasteiger partial charge on any atom is -0.444 e. The molecular formula is C20H28F2N4O2. The van der Waals surface area contributed by atoms with Crippen molar-refractivity contribution in [2.75, 3.05) is 24.5 Å². The van der Waals surface area contributed by atoms with Gasteiger partial charge in [-0.1, -0.05) is 0 Å². The van der Waals surface area contributed by atoms with Gasteiger partial charge in [-0.3, -0.25) is 0 Å². The van der Waals surface area contributed by atoms with Crippen molar-refractivity contribution in [3.8, 4) is 0 Å². The molecule has 0 bridgehead atoms. The zero-order valence-electron chi connectivity index (χ0n) is 16.5. The predicted molar refractivity (Wildman–Crippen MR) is 106 cm³/mol. The summed E-state index contributed by atoms with van der Waals surface area (Å²) in [5.74, 6) is -1.18. The number of benzene rings is 1. The number of carbonyl (C=O) groups excluding carboxylic acids is 1. The number of nitrogens with zero attached hydrogens (tertiary/aromatic N) is 1. The molecule has 8 heteroatoms. The largest absolute Gasteiger partial charge is 0.444 e. The van der Waals surface area contributed by atoms with Crippen LogP contribution in [0.2, 0.25) is 0 Å². The average molecular weight is 394 g/mol. The van der Waals surface area contributed by atoms with Crippen LogP contribution in [0.1, 0.15) is 33.6 Å². The first-order valence-corrected chi connectivity index (χ1v) is 9.30. The fourth-order valence-corrected chi connectivity index (χ4v) is 3.05. The molecule has 0 radical (unpaired) electrons. The molecule has 0 aromatic heterocycles. The molecule has 1 aliphatic rings. The molecule has 2 rings (SSSR count). The molecule has 1 saturated heterocycles. The van der Waals surface area contributed by atoms with Gasteiger partial charge in [0.15, 0.2) is 0 Å². The fraction of sp³-hybridized carbons (Fsp3) is 0.500. The van der Waals surface area contributed by atoms with E-state index in [9.17, 15) is 13.6 Å². The van der Waals surface area contributed by atoms with Gasteiger partial charge < -0.3 is 25.7 Å². The molecule has 0 saturated carbocycles. The highest BCUT2D eigenvalue weighted by atomic mass is 19.1. The molecule has 0 spiro atoms. The number of alkyl carbamates (subject to hydrolysis) is 1. The molecule has 6 nitrogen and oxygen atoms in total. The summed E-state index contributed by atoms with van der Waals surface area (Å²) in [4.78, 5) is 13.7. The third kappa shape index (κ3) is 6.83. The van der Waals surface area contributed by atoms with E-state index in [1.165, 1.54) is 12.1 Å². The zero-order valence-corrected chi connectivity index (χ0v) is 16.5. The third-order valence-corrected chi connectivity index (χ3v) is 4.22. The van der Waals surface area contributed by atoms with E-state index in [-0.39, 0.29) is 12.6 Å². The Hall–Kier alpha value is -2.64. The number of anilines is 1. The van der Waals surface area contributed by atoms with Crippen LogP contribution in [0.3, 0.4) is 0 Å². The highest BCUT2D eigenvalue weighted by molar-refractivity contribution is 5.78. The predicted octanol–water partition coefficient (Wildman–Crippen LogP) is 3.58. The minimum absolute atomic E-state index is 0.0863. The zero-order chi connectivity index (χ0) is 20.7. The summed E-state index contributed by atoms with van der Waals surface area (Å²) in [6.07, 6.45) is 4.10. The quantitative estimate of drug-likeness (QED) is 0.618. The van der Waals surface area contributed by atoms with Crippen molar-refractivity contribution in [2.45, 2.75) is 45.3 Å². The molecule has 1 unspecified atom stereocenters. The maximum Gasteiger partial charge on any atom is 0.407 e. The highest BCUT2D eigenvalue weighted by Crippen LogP contribution is 2.26. The second kappa shape index (κ2) is 9.52. The van der Waals surface area contributed by atoms with Gasteiger partial charge in [0.1, 0.15) is 17.2 Å². The first kappa shape index (κ1) is 21.7. The smallest absolute Gasteiger partial charge is 0.407 e. The topological polar surface area (TPSA) is 77.4 Å². The van der Waals surface area contributed by atoms with E-state index < -0.39 is 23.3 Å². The Labute approximate surface area is 164 Å². The van der Waals surface area contributed by atoms with Crippen molar-refractivity contribution in [1.82, 2.24) is 10.6 Å². The summed E-state index contributed by atoms with van der Waals surface area (Å²) in [6, 6.07) is 3.63. The maximum atomic E-state index is 13.5. The summed E-state index contributed by atoms with van der Waals surface area (Å²) in [5.41, 5.74) is 0.524. The van der Waals surface area contributed by atoms with Crippen LogP contribution >= 0.6 is 0 Å². The van der Waals surface area contributed by atoms with E-state index in [0.29, 0.717) is 17.8 Å². The molecular weight excluding hydrogens is 366 g/mol. The van der Waals surface area contributed by atoms with E-state index in [4.69, 9.17) is 10.1 Å². The molecule has 1 amide bonds. The lowest BCUT2D eigenvalue weighted by Crippen LogP contribution is -2.37. The lowest BCUT2D eigenvalue weighted by Gasteiger charge is -2.27. The summed E-state index contributed by atoms with van der Waals surface area (Å²) >= 11 is 0. The molecule has 1 aromatic rings. The van der Waals surface area contributed by atoms with E-state index in [0.717, 1.165) is 31.7 Å². The van der Waals surface area contributed by atoms with Crippen LogP contribution in [0.25, 0.3) is 0 Å². The Morgan fingerprint density at radius 2 is 2.00 bits per heavy atom. The molecule has 1 aromatic carbocycles. The number of amides is 1. The van der Waals surface area contributed by atoms with Gasteiger partial charge in [-0.2, -0.15) is 0 Å². The summed E-state index contributed by atoms with van der Waals surface area (Å²) in [6.45, 7) is 6.78. The van der Waals surface area contributed by atoms with Crippen molar-refractivity contribution in [3.63, 3.8) is 0 Å². The standard InChI is InChI=1S/C20H28F2N4O2/c1-20(2,3)28-19(27)25-12-14(10-23)11-24-13-17-5-4-6-26(17)18-8-15(21)7-16(22)9-18/h7-11,17,23-24H,4-6,12-13H2,1-3H3,(H,25,27)/b14-11+,23-10?. The first-order chi connectivity index (χ1) is 13.2. The number of carbonyl (C=O) groups is 1. The van der Waals surface area contributed by atoms with Crippen molar-refractivity contribution in [1.29, 1.82) is 5.41 Å². The van der Waals surface area contributed by atoms with Crippen molar-refractivity contribution in [3.05, 3.63) is 41.6 Å². The van der Waals surface area contributed by atoms with Gasteiger partial charge in [0, 0.05) is 55.4 Å². The monoisotopic (exact) mass is 394 g/mol. The second-order valence-corrected chi connectivity index (χ2v) is 7.74. The van der Waals surface area contributed by atoms with Crippen LogP contribution in [0.5, 0.6) is 0 Å². The Kier molecular flexibility index (Phi) is 7.37. The van der Waals surface area contributed by atoms with E-state index >= 15 is 0 Å². The summed E-state index contributed by atoms with van der Waals surface area (Å²) in [7, 11) is 0. The van der Waals surface area contributed by atoms with Crippen molar-refractivity contribution >= 4 is 18.0 Å². The Morgan fingerprint density at radius 1 is 1.32 bits per heavy atom. The van der Waals surface area contributed by atoms with Gasteiger partial charge in [0.25, 0.3) is 0 Å². The van der Waals surface area contributed by atoms with Gasteiger partial charge in [-0.15, -0.1) is 0 Å². The molecule has 1 aliphatic heterocycles. The maximum absolute atomic E-state index is 13.5. The average Bonchev–Trinajstić information content (AvgIpc) is 3.04. The number of hydrogen-bond acceptors (Lipinski definition) is 5. The molecule has 1 heterocycles. The number of ether oxygens (including phenoxy) is 1. The van der Waals surface area contributed by atoms with Crippen LogP contribution < -0.4 is 15.5 Å². The lowest BCUT2D eigenvalue weighted by atomic mass is 10.2. The van der Waals surface area contributed by atoms with E-state index in [1.54, 1.807) is 27.0 Å². The van der Waals surface area contributed by atoms with E-state index in [1.807, 2.05) is 4.90 Å². The van der Waals surface area contributed by atoms with Crippen molar-refractivity contribution < 1.29 is 18.3 Å². The Bertz CT molecular complexity index is 711. The molecule has 3 N–H and O–H groups in total. The Morgan fingerprint density at radius 3 is 2.61 bits per heavy atom. The SMILES string of the molecule is CC(C)(C)OC(=O)NC/C(C=N)=C/NCC1CCCN1c1cc(F)cc(F)c1. The minimum atomic E-state index is -0.590. The van der Waals surface area contributed by atoms with E-state index in [2.05, 4.69) is 10.6 Å². The molecule has 1 fully saturated rings. The molecule has 28 heavy (non-hydrogen) atoms. The third-order valence-electron chi connectivity index (χ3n) is 4.22. The van der Waals surface area contributed by atoms with Crippen LogP contribution in [-0.4, -0.2) is 43.6 Å². The van der Waals surface area contributed by atoms with Crippen LogP contribution in [0.4, 0.5) is 19.3 Å². The second-order valence-electron chi connectivity index (χ2n) is 7.74. The molecule has 1 atom stereocenters. The number of hydrogen-bond donors (Lipinski definition) is 3. The highest BCUT2D eigenvalue weighted by Gasteiger charge is 2.25. The Balaban J connectivity index is 1.88. The fourth-order valence-electron chi connectivity index (χ4n) is 3.05. The van der Waals surface area contributed by atoms with Gasteiger partial charge in [0.2, 0.25) is 0 Å². The van der Waals surface area contributed by atoms with Crippen LogP contribution in [0, 0.1) is 17.0 Å². The summed E-state index contributed by atoms with van der Waals surface area (Å²) in [5, 5.41) is 13.2. The van der Waals surface area contributed by atoms with Crippen molar-refractivity contribution in [2.24, 2.45) is 0 Å². The summed E-state index contributed by atoms with van der Waals surface area (Å²) < 4.78 is 32.2. The number of rotatable bonds is 7. The number of halogens is 2. The van der Waals surface area contributed by atoms with Crippen LogP contribution in [0.15, 0.2) is 30.0 Å². The lowest BCUT2D eigenvalue weighted by molar-refractivity contribution is 0.0533. The number of nitrogens with one attached hydrogen (secondary N) is 3. The van der Waals surface area contributed by atoms with Gasteiger partial charge in [-0.05, 0) is 45.7 Å². The van der Waals surface area contributed by atoms with Crippen LogP contribution in [-0.2, 0) is 4.74 Å². The first-order valence-electron chi connectivity index (χ1n) is 9.30. The normalized spacial score (nSPS) is 17.4. The molecule has 0 aliphatic carbocycles. The van der Waals surface area contributed by atoms with Gasteiger partial charge in [-0.25, -0.2) is 13.6 Å².